The number of carbonyl (C=O) groups excluding carboxylic acids is 1. The molecular weight excluding hydrogens is 216 g/mol. The van der Waals surface area contributed by atoms with Gasteiger partial charge in [-0.15, -0.1) is 0 Å². The van der Waals surface area contributed by atoms with E-state index in [1.807, 2.05) is 0 Å². The Hall–Kier alpha value is -1.56. The first-order valence-corrected chi connectivity index (χ1v) is 6.07. The molecule has 0 atom stereocenters. The van der Waals surface area contributed by atoms with Crippen LogP contribution in [0.3, 0.4) is 0 Å². The average Bonchev–Trinajstić information content (AvgIpc) is 2.15. The van der Waals surface area contributed by atoms with E-state index in [0.717, 1.165) is 6.26 Å². The first-order chi connectivity index (χ1) is 6.86. The molecule has 0 spiro atoms. The fourth-order valence-corrected chi connectivity index (χ4v) is 1.77. The number of hydrogen-bond acceptors (Lipinski definition) is 4. The van der Waals surface area contributed by atoms with E-state index in [-0.39, 0.29) is 22.1 Å². The van der Waals surface area contributed by atoms with Gasteiger partial charge in [-0.2, -0.15) is 0 Å². The van der Waals surface area contributed by atoms with Crippen molar-refractivity contribution >= 4 is 21.4 Å². The predicted octanol–water partition coefficient (Wildman–Crippen LogP) is 0.0319. The molecule has 1 aromatic rings. The summed E-state index contributed by atoms with van der Waals surface area (Å²) in [4.78, 5) is 11.4. The second kappa shape index (κ2) is 3.90. The monoisotopic (exact) mass is 228 g/mol. The number of nitrogen functional groups attached to an aromatic ring is 1. The zero-order chi connectivity index (χ0) is 11.6. The van der Waals surface area contributed by atoms with Crippen molar-refractivity contribution in [2.75, 3.05) is 19.0 Å². The lowest BCUT2D eigenvalue weighted by Crippen LogP contribution is -2.19. The van der Waals surface area contributed by atoms with Gasteiger partial charge in [0.25, 0.3) is 5.91 Å². The molecule has 82 valence electrons. The van der Waals surface area contributed by atoms with Gasteiger partial charge in [-0.05, 0) is 18.2 Å². The van der Waals surface area contributed by atoms with Gasteiger partial charge in [0.2, 0.25) is 0 Å². The summed E-state index contributed by atoms with van der Waals surface area (Å²) in [6.45, 7) is 0. The summed E-state index contributed by atoms with van der Waals surface area (Å²) in [6, 6.07) is 4.03. The first-order valence-electron chi connectivity index (χ1n) is 4.18. The Bertz CT molecular complexity index is 494. The third kappa shape index (κ3) is 2.47. The number of amides is 1. The van der Waals surface area contributed by atoms with Crippen molar-refractivity contribution in [3.05, 3.63) is 23.8 Å². The van der Waals surface area contributed by atoms with Gasteiger partial charge in [0, 0.05) is 19.0 Å². The van der Waals surface area contributed by atoms with Crippen molar-refractivity contribution in [1.82, 2.24) is 5.32 Å². The minimum Gasteiger partial charge on any atom is -0.398 e. The van der Waals surface area contributed by atoms with Crippen LogP contribution in [0.4, 0.5) is 5.69 Å². The second-order valence-corrected chi connectivity index (χ2v) is 5.12. The molecule has 0 heterocycles. The third-order valence-electron chi connectivity index (χ3n) is 1.92. The quantitative estimate of drug-likeness (QED) is 0.699. The van der Waals surface area contributed by atoms with Crippen molar-refractivity contribution < 1.29 is 13.2 Å². The molecule has 1 aromatic carbocycles. The van der Waals surface area contributed by atoms with E-state index in [1.54, 1.807) is 0 Å². The van der Waals surface area contributed by atoms with Crippen molar-refractivity contribution in [2.24, 2.45) is 0 Å². The van der Waals surface area contributed by atoms with Crippen molar-refractivity contribution in [1.29, 1.82) is 0 Å². The topological polar surface area (TPSA) is 89.3 Å². The highest BCUT2D eigenvalue weighted by Gasteiger charge is 2.12. The van der Waals surface area contributed by atoms with Crippen molar-refractivity contribution in [3.63, 3.8) is 0 Å². The van der Waals surface area contributed by atoms with Gasteiger partial charge < -0.3 is 11.1 Å². The molecule has 0 saturated heterocycles. The van der Waals surface area contributed by atoms with E-state index in [1.165, 1.54) is 25.2 Å². The number of nitrogens with two attached hydrogens (primary N) is 1. The molecule has 1 rings (SSSR count). The SMILES string of the molecule is CNC(=O)c1ccc(S(C)(=O)=O)cc1N. The molecule has 0 saturated carbocycles. The summed E-state index contributed by atoms with van der Waals surface area (Å²) in [5.41, 5.74) is 5.99. The number of sulfone groups is 1. The lowest BCUT2D eigenvalue weighted by atomic mass is 10.2. The van der Waals surface area contributed by atoms with E-state index < -0.39 is 9.84 Å². The molecule has 0 aliphatic carbocycles. The molecule has 6 heteroatoms. The van der Waals surface area contributed by atoms with Crippen LogP contribution in [-0.2, 0) is 9.84 Å². The summed E-state index contributed by atoms with van der Waals surface area (Å²) in [6.07, 6.45) is 1.08. The standard InChI is InChI=1S/C9H12N2O3S/c1-11-9(12)7-4-3-6(5-8(7)10)15(2,13)14/h3-5H,10H2,1-2H3,(H,11,12). The van der Waals surface area contributed by atoms with Gasteiger partial charge in [0.15, 0.2) is 9.84 Å². The van der Waals surface area contributed by atoms with Crippen molar-refractivity contribution in [3.8, 4) is 0 Å². The number of carbonyl (C=O) groups is 1. The summed E-state index contributed by atoms with van der Waals surface area (Å²) < 4.78 is 22.4. The molecule has 15 heavy (non-hydrogen) atoms. The van der Waals surface area contributed by atoms with Crippen LogP contribution in [0.2, 0.25) is 0 Å². The van der Waals surface area contributed by atoms with Crippen LogP contribution in [0, 0.1) is 0 Å². The highest BCUT2D eigenvalue weighted by molar-refractivity contribution is 7.90. The Labute approximate surface area is 88.2 Å². The molecule has 0 fully saturated rings. The molecule has 0 aromatic heterocycles. The number of rotatable bonds is 2. The first kappa shape index (κ1) is 11.5. The maximum atomic E-state index is 11.3. The zero-order valence-electron chi connectivity index (χ0n) is 8.44. The molecule has 0 radical (unpaired) electrons. The largest absolute Gasteiger partial charge is 0.398 e. The maximum Gasteiger partial charge on any atom is 0.253 e. The molecular formula is C9H12N2O3S. The van der Waals surface area contributed by atoms with Crippen LogP contribution in [0.1, 0.15) is 10.4 Å². The highest BCUT2D eigenvalue weighted by atomic mass is 32.2. The normalized spacial score (nSPS) is 11.1. The maximum absolute atomic E-state index is 11.3. The molecule has 0 aliphatic heterocycles. The Kier molecular flexibility index (Phi) is 2.99. The third-order valence-corrected chi connectivity index (χ3v) is 3.03. The van der Waals surface area contributed by atoms with E-state index >= 15 is 0 Å². The average molecular weight is 228 g/mol. The lowest BCUT2D eigenvalue weighted by molar-refractivity contribution is 0.0964. The van der Waals surface area contributed by atoms with Crippen molar-refractivity contribution in [2.45, 2.75) is 4.90 Å². The number of nitrogens with one attached hydrogen (secondary N) is 1. The minimum absolute atomic E-state index is 0.104. The van der Waals surface area contributed by atoms with Gasteiger partial charge in [-0.3, -0.25) is 4.79 Å². The summed E-state index contributed by atoms with van der Waals surface area (Å²) >= 11 is 0. The summed E-state index contributed by atoms with van der Waals surface area (Å²) in [7, 11) is -1.81. The van der Waals surface area contributed by atoms with Crippen LogP contribution in [0.15, 0.2) is 23.1 Å². The number of benzene rings is 1. The Morgan fingerprint density at radius 3 is 2.40 bits per heavy atom. The van der Waals surface area contributed by atoms with Gasteiger partial charge in [-0.25, -0.2) is 8.42 Å². The van der Waals surface area contributed by atoms with Crippen LogP contribution in [0.25, 0.3) is 0 Å². The van der Waals surface area contributed by atoms with Crippen LogP contribution < -0.4 is 11.1 Å². The molecule has 1 amide bonds. The van der Waals surface area contributed by atoms with Gasteiger partial charge in [-0.1, -0.05) is 0 Å². The summed E-state index contributed by atoms with van der Waals surface area (Å²) in [5.74, 6) is -0.340. The van der Waals surface area contributed by atoms with Crippen LogP contribution in [0.5, 0.6) is 0 Å². The molecule has 0 unspecified atom stereocenters. The Morgan fingerprint density at radius 2 is 2.00 bits per heavy atom. The van der Waals surface area contributed by atoms with Crippen LogP contribution in [-0.4, -0.2) is 27.6 Å². The van der Waals surface area contributed by atoms with Gasteiger partial charge >= 0.3 is 0 Å². The fourth-order valence-electron chi connectivity index (χ4n) is 1.11. The number of hydrogen-bond donors (Lipinski definition) is 2. The number of anilines is 1. The highest BCUT2D eigenvalue weighted by Crippen LogP contribution is 2.17. The van der Waals surface area contributed by atoms with Crippen LogP contribution >= 0.6 is 0 Å². The Balaban J connectivity index is 3.27. The smallest absolute Gasteiger partial charge is 0.253 e. The van der Waals surface area contributed by atoms with Gasteiger partial charge in [0.05, 0.1) is 10.5 Å². The summed E-state index contributed by atoms with van der Waals surface area (Å²) in [5, 5.41) is 2.41. The zero-order valence-corrected chi connectivity index (χ0v) is 9.26. The minimum atomic E-state index is -3.29. The lowest BCUT2D eigenvalue weighted by Gasteiger charge is -2.05. The molecule has 5 nitrogen and oxygen atoms in total. The molecule has 0 aliphatic rings. The molecule has 3 N–H and O–H groups in total. The van der Waals surface area contributed by atoms with E-state index in [2.05, 4.69) is 5.32 Å². The van der Waals surface area contributed by atoms with Gasteiger partial charge in [0.1, 0.15) is 0 Å². The Morgan fingerprint density at radius 1 is 1.40 bits per heavy atom. The molecule has 0 bridgehead atoms. The van der Waals surface area contributed by atoms with E-state index in [9.17, 15) is 13.2 Å². The van der Waals surface area contributed by atoms with E-state index in [0.29, 0.717) is 0 Å². The van der Waals surface area contributed by atoms with E-state index in [4.69, 9.17) is 5.73 Å². The predicted molar refractivity (Wildman–Crippen MR) is 57.4 cm³/mol. The fraction of sp³-hybridized carbons (Fsp3) is 0.222. The second-order valence-electron chi connectivity index (χ2n) is 3.10.